The minimum atomic E-state index is 0.137. The molecule has 1 aromatic carbocycles. The summed E-state index contributed by atoms with van der Waals surface area (Å²) < 4.78 is 5.68. The van der Waals surface area contributed by atoms with Crippen LogP contribution in [0.25, 0.3) is 0 Å². The first-order valence-electron chi connectivity index (χ1n) is 5.98. The molecule has 2 rings (SSSR count). The quantitative estimate of drug-likeness (QED) is 0.832. The zero-order chi connectivity index (χ0) is 14.7. The minimum Gasteiger partial charge on any atom is -0.424 e. The van der Waals surface area contributed by atoms with Gasteiger partial charge >= 0.3 is 6.01 Å². The standard InChI is InChI=1S/C15H12N4O/c1-9-4-12(7-16)5-10(2)14(9)20-15-18-11(3)6-13(8-17)19-15/h4-6H,1-3H3. The summed E-state index contributed by atoms with van der Waals surface area (Å²) in [6.45, 7) is 5.47. The third-order valence-corrected chi connectivity index (χ3v) is 2.73. The smallest absolute Gasteiger partial charge is 0.323 e. The average Bonchev–Trinajstić information content (AvgIpc) is 2.41. The molecule has 1 heterocycles. The number of aromatic nitrogens is 2. The zero-order valence-electron chi connectivity index (χ0n) is 11.4. The predicted molar refractivity (Wildman–Crippen MR) is 72.2 cm³/mol. The van der Waals surface area contributed by atoms with Crippen molar-refractivity contribution < 1.29 is 4.74 Å². The van der Waals surface area contributed by atoms with Gasteiger partial charge in [-0.3, -0.25) is 0 Å². The first-order valence-corrected chi connectivity index (χ1v) is 5.98. The summed E-state index contributed by atoms with van der Waals surface area (Å²) in [5.41, 5.74) is 3.15. The highest BCUT2D eigenvalue weighted by Gasteiger charge is 2.10. The molecule has 0 amide bonds. The molecule has 0 N–H and O–H groups in total. The summed E-state index contributed by atoms with van der Waals surface area (Å²) in [4.78, 5) is 8.17. The fraction of sp³-hybridized carbons (Fsp3) is 0.200. The van der Waals surface area contributed by atoms with Gasteiger partial charge < -0.3 is 4.74 Å². The molecule has 0 fully saturated rings. The van der Waals surface area contributed by atoms with Crippen LogP contribution in [0.5, 0.6) is 11.8 Å². The second kappa shape index (κ2) is 5.38. The molecule has 0 aliphatic rings. The van der Waals surface area contributed by atoms with E-state index in [2.05, 4.69) is 16.0 Å². The molecule has 0 aliphatic carbocycles. The van der Waals surface area contributed by atoms with E-state index in [-0.39, 0.29) is 11.7 Å². The Morgan fingerprint density at radius 1 is 0.950 bits per heavy atom. The summed E-state index contributed by atoms with van der Waals surface area (Å²) in [5.74, 6) is 0.610. The van der Waals surface area contributed by atoms with Crippen LogP contribution in [-0.4, -0.2) is 9.97 Å². The third-order valence-electron chi connectivity index (χ3n) is 2.73. The van der Waals surface area contributed by atoms with Gasteiger partial charge in [0.25, 0.3) is 0 Å². The van der Waals surface area contributed by atoms with E-state index in [0.717, 1.165) is 11.1 Å². The molecule has 0 atom stereocenters. The molecule has 0 bridgehead atoms. The molecule has 2 aromatic rings. The maximum Gasteiger partial charge on any atom is 0.323 e. The van der Waals surface area contributed by atoms with Gasteiger partial charge in [0.1, 0.15) is 17.5 Å². The van der Waals surface area contributed by atoms with Crippen molar-refractivity contribution in [2.75, 3.05) is 0 Å². The van der Waals surface area contributed by atoms with Crippen molar-refractivity contribution in [3.63, 3.8) is 0 Å². The minimum absolute atomic E-state index is 0.137. The lowest BCUT2D eigenvalue weighted by Crippen LogP contribution is -1.99. The van der Waals surface area contributed by atoms with E-state index in [4.69, 9.17) is 15.3 Å². The van der Waals surface area contributed by atoms with Crippen molar-refractivity contribution in [2.45, 2.75) is 20.8 Å². The maximum absolute atomic E-state index is 8.92. The number of ether oxygens (including phenoxy) is 1. The average molecular weight is 264 g/mol. The Labute approximate surface area is 117 Å². The molecule has 0 spiro atoms. The van der Waals surface area contributed by atoms with E-state index in [0.29, 0.717) is 17.0 Å². The van der Waals surface area contributed by atoms with Gasteiger partial charge in [-0.2, -0.15) is 15.5 Å². The summed E-state index contributed by atoms with van der Waals surface area (Å²) in [7, 11) is 0. The van der Waals surface area contributed by atoms with Crippen molar-refractivity contribution >= 4 is 0 Å². The number of nitrogens with zero attached hydrogens (tertiary/aromatic N) is 4. The summed E-state index contributed by atoms with van der Waals surface area (Å²) in [6.07, 6.45) is 0. The van der Waals surface area contributed by atoms with Crippen LogP contribution in [0.4, 0.5) is 0 Å². The van der Waals surface area contributed by atoms with E-state index in [9.17, 15) is 0 Å². The molecule has 5 heteroatoms. The summed E-state index contributed by atoms with van der Waals surface area (Å²) in [6, 6.07) is 9.27. The molecule has 0 aliphatic heterocycles. The van der Waals surface area contributed by atoms with Gasteiger partial charge in [-0.05, 0) is 50.1 Å². The summed E-state index contributed by atoms with van der Waals surface area (Å²) >= 11 is 0. The molecule has 1 aromatic heterocycles. The number of rotatable bonds is 2. The molecule has 0 saturated carbocycles. The molecule has 0 unspecified atom stereocenters. The van der Waals surface area contributed by atoms with Crippen LogP contribution in [-0.2, 0) is 0 Å². The van der Waals surface area contributed by atoms with Crippen LogP contribution in [0.3, 0.4) is 0 Å². The Morgan fingerprint density at radius 3 is 2.15 bits per heavy atom. The Bertz CT molecular complexity index is 730. The topological polar surface area (TPSA) is 82.6 Å². The SMILES string of the molecule is Cc1cc(C#N)nc(Oc2c(C)cc(C#N)cc2C)n1. The maximum atomic E-state index is 8.92. The van der Waals surface area contributed by atoms with Gasteiger partial charge in [0.05, 0.1) is 11.6 Å². The van der Waals surface area contributed by atoms with E-state index >= 15 is 0 Å². The van der Waals surface area contributed by atoms with Gasteiger partial charge in [-0.15, -0.1) is 0 Å². The zero-order valence-corrected chi connectivity index (χ0v) is 11.4. The van der Waals surface area contributed by atoms with Crippen molar-refractivity contribution in [3.8, 4) is 23.9 Å². The molecular weight excluding hydrogens is 252 g/mol. The van der Waals surface area contributed by atoms with Crippen molar-refractivity contribution in [1.82, 2.24) is 9.97 Å². The number of nitriles is 2. The second-order valence-corrected chi connectivity index (χ2v) is 4.44. The van der Waals surface area contributed by atoms with Crippen LogP contribution >= 0.6 is 0 Å². The Hall–Kier alpha value is -2.92. The van der Waals surface area contributed by atoms with Crippen molar-refractivity contribution in [3.05, 3.63) is 46.3 Å². The van der Waals surface area contributed by atoms with Crippen LogP contribution in [0.15, 0.2) is 18.2 Å². The molecule has 5 nitrogen and oxygen atoms in total. The largest absolute Gasteiger partial charge is 0.424 e. The first-order chi connectivity index (χ1) is 9.53. The molecule has 20 heavy (non-hydrogen) atoms. The van der Waals surface area contributed by atoms with Gasteiger partial charge in [0.2, 0.25) is 0 Å². The highest BCUT2D eigenvalue weighted by atomic mass is 16.5. The van der Waals surface area contributed by atoms with Crippen molar-refractivity contribution in [1.29, 1.82) is 10.5 Å². The molecule has 98 valence electrons. The first kappa shape index (κ1) is 13.5. The number of benzene rings is 1. The van der Waals surface area contributed by atoms with E-state index < -0.39 is 0 Å². The van der Waals surface area contributed by atoms with Gasteiger partial charge in [-0.1, -0.05) is 0 Å². The number of hydrogen-bond acceptors (Lipinski definition) is 5. The monoisotopic (exact) mass is 264 g/mol. The fourth-order valence-electron chi connectivity index (χ4n) is 1.91. The molecule has 0 saturated heterocycles. The van der Waals surface area contributed by atoms with E-state index in [1.54, 1.807) is 25.1 Å². The van der Waals surface area contributed by atoms with Crippen LogP contribution in [0.2, 0.25) is 0 Å². The fourth-order valence-corrected chi connectivity index (χ4v) is 1.91. The molecular formula is C15H12N4O. The van der Waals surface area contributed by atoms with Crippen LogP contribution in [0, 0.1) is 43.4 Å². The summed E-state index contributed by atoms with van der Waals surface area (Å²) in [5, 5.41) is 17.8. The Balaban J connectivity index is 2.43. The predicted octanol–water partition coefficient (Wildman–Crippen LogP) is 2.94. The lowest BCUT2D eigenvalue weighted by Gasteiger charge is -2.11. The van der Waals surface area contributed by atoms with Crippen molar-refractivity contribution in [2.24, 2.45) is 0 Å². The van der Waals surface area contributed by atoms with Crippen LogP contribution in [0.1, 0.15) is 28.1 Å². The lowest BCUT2D eigenvalue weighted by molar-refractivity contribution is 0.433. The highest BCUT2D eigenvalue weighted by Crippen LogP contribution is 2.28. The van der Waals surface area contributed by atoms with E-state index in [1.165, 1.54) is 0 Å². The Morgan fingerprint density at radius 2 is 1.60 bits per heavy atom. The normalized spacial score (nSPS) is 9.65. The lowest BCUT2D eigenvalue weighted by atomic mass is 10.1. The van der Waals surface area contributed by atoms with E-state index in [1.807, 2.05) is 19.9 Å². The highest BCUT2D eigenvalue weighted by molar-refractivity contribution is 5.48. The molecule has 0 radical (unpaired) electrons. The Kier molecular flexibility index (Phi) is 3.63. The third kappa shape index (κ3) is 2.73. The number of hydrogen-bond donors (Lipinski definition) is 0. The van der Waals surface area contributed by atoms with Crippen LogP contribution < -0.4 is 4.74 Å². The van der Waals surface area contributed by atoms with Gasteiger partial charge in [0, 0.05) is 5.69 Å². The number of aryl methyl sites for hydroxylation is 3. The second-order valence-electron chi connectivity index (χ2n) is 4.44. The van der Waals surface area contributed by atoms with Gasteiger partial charge in [0.15, 0.2) is 0 Å². The van der Waals surface area contributed by atoms with Gasteiger partial charge in [-0.25, -0.2) is 4.98 Å².